The zero-order valence-corrected chi connectivity index (χ0v) is 19.2. The molecule has 0 aliphatic carbocycles. The van der Waals surface area contributed by atoms with Crippen LogP contribution in [0.15, 0.2) is 58.1 Å². The first-order valence-corrected chi connectivity index (χ1v) is 10.9. The molecular weight excluding hydrogens is 519 g/mol. The van der Waals surface area contributed by atoms with Crippen molar-refractivity contribution in [1.82, 2.24) is 15.0 Å². The number of morpholine rings is 1. The van der Waals surface area contributed by atoms with Crippen molar-refractivity contribution in [3.05, 3.63) is 58.6 Å². The molecule has 2 heterocycles. The number of aromatic nitrogens is 3. The molecule has 178 valence electrons. The molecule has 2 N–H and O–H groups in total. The summed E-state index contributed by atoms with van der Waals surface area (Å²) in [6.45, 7) is 2.29. The SMILES string of the molecule is FC(F)(F)Oc1ccc(Nc2nc(N/N=C/c3cccc(Br)c3)nc(N3CCOCC3)n2)cc1. The number of nitrogens with one attached hydrogen (secondary N) is 2. The summed E-state index contributed by atoms with van der Waals surface area (Å²) in [6.07, 6.45) is -3.14. The van der Waals surface area contributed by atoms with E-state index in [2.05, 4.69) is 51.5 Å². The fraction of sp³-hybridized carbons (Fsp3) is 0.238. The van der Waals surface area contributed by atoms with E-state index in [4.69, 9.17) is 4.74 Å². The first-order chi connectivity index (χ1) is 16.3. The van der Waals surface area contributed by atoms with Crippen molar-refractivity contribution in [3.8, 4) is 5.75 Å². The molecule has 1 aliphatic rings. The maximum Gasteiger partial charge on any atom is 0.573 e. The molecule has 0 saturated carbocycles. The maximum absolute atomic E-state index is 12.4. The van der Waals surface area contributed by atoms with Gasteiger partial charge in [-0.15, -0.1) is 13.2 Å². The average molecular weight is 538 g/mol. The number of ether oxygens (including phenoxy) is 2. The molecule has 3 aromatic rings. The van der Waals surface area contributed by atoms with E-state index in [9.17, 15) is 13.2 Å². The maximum atomic E-state index is 12.4. The van der Waals surface area contributed by atoms with Crippen LogP contribution >= 0.6 is 15.9 Å². The molecule has 1 aromatic heterocycles. The first kappa shape index (κ1) is 23.7. The van der Waals surface area contributed by atoms with Crippen molar-refractivity contribution < 1.29 is 22.6 Å². The predicted molar refractivity (Wildman–Crippen MR) is 125 cm³/mol. The summed E-state index contributed by atoms with van der Waals surface area (Å²) in [5.41, 5.74) is 4.14. The molecule has 34 heavy (non-hydrogen) atoms. The Morgan fingerprint density at radius 1 is 1.03 bits per heavy atom. The van der Waals surface area contributed by atoms with Crippen LogP contribution in [0.25, 0.3) is 0 Å². The van der Waals surface area contributed by atoms with Crippen molar-refractivity contribution in [1.29, 1.82) is 0 Å². The number of rotatable bonds is 7. The summed E-state index contributed by atoms with van der Waals surface area (Å²) >= 11 is 3.41. The van der Waals surface area contributed by atoms with Crippen LogP contribution in [-0.2, 0) is 4.74 Å². The molecular formula is C21H19BrF3N7O2. The molecule has 1 aliphatic heterocycles. The summed E-state index contributed by atoms with van der Waals surface area (Å²) in [5, 5.41) is 7.16. The second-order valence-corrected chi connectivity index (χ2v) is 7.92. The number of halogens is 4. The van der Waals surface area contributed by atoms with Crippen molar-refractivity contribution in [2.24, 2.45) is 5.10 Å². The minimum atomic E-state index is -4.76. The van der Waals surface area contributed by atoms with Crippen LogP contribution in [0.2, 0.25) is 0 Å². The van der Waals surface area contributed by atoms with E-state index in [0.29, 0.717) is 37.9 Å². The van der Waals surface area contributed by atoms with Gasteiger partial charge >= 0.3 is 6.36 Å². The number of hydrogen-bond donors (Lipinski definition) is 2. The van der Waals surface area contributed by atoms with Crippen LogP contribution in [-0.4, -0.2) is 53.8 Å². The average Bonchev–Trinajstić information content (AvgIpc) is 2.80. The molecule has 0 amide bonds. The first-order valence-electron chi connectivity index (χ1n) is 10.1. The number of hydrazone groups is 1. The highest BCUT2D eigenvalue weighted by molar-refractivity contribution is 9.10. The molecule has 0 unspecified atom stereocenters. The van der Waals surface area contributed by atoms with Gasteiger partial charge in [-0.25, -0.2) is 5.43 Å². The fourth-order valence-corrected chi connectivity index (χ4v) is 3.41. The molecule has 0 atom stereocenters. The Hall–Kier alpha value is -3.45. The van der Waals surface area contributed by atoms with Crippen LogP contribution in [0, 0.1) is 0 Å². The zero-order chi connectivity index (χ0) is 24.0. The van der Waals surface area contributed by atoms with Crippen LogP contribution < -0.4 is 20.4 Å². The van der Waals surface area contributed by atoms with Gasteiger partial charge in [0, 0.05) is 23.2 Å². The lowest BCUT2D eigenvalue weighted by Crippen LogP contribution is -2.37. The lowest BCUT2D eigenvalue weighted by atomic mass is 10.2. The largest absolute Gasteiger partial charge is 0.573 e. The predicted octanol–water partition coefficient (Wildman–Crippen LogP) is 4.56. The van der Waals surface area contributed by atoms with Crippen molar-refractivity contribution >= 4 is 45.7 Å². The number of alkyl halides is 3. The third-order valence-electron chi connectivity index (χ3n) is 4.49. The molecule has 2 aromatic carbocycles. The minimum Gasteiger partial charge on any atom is -0.406 e. The monoisotopic (exact) mass is 537 g/mol. The zero-order valence-electron chi connectivity index (χ0n) is 17.6. The van der Waals surface area contributed by atoms with E-state index in [1.165, 1.54) is 24.3 Å². The molecule has 0 radical (unpaired) electrons. The lowest BCUT2D eigenvalue weighted by Gasteiger charge is -2.27. The van der Waals surface area contributed by atoms with Gasteiger partial charge in [-0.2, -0.15) is 20.1 Å². The number of benzene rings is 2. The number of nitrogens with zero attached hydrogens (tertiary/aromatic N) is 5. The van der Waals surface area contributed by atoms with E-state index < -0.39 is 6.36 Å². The fourth-order valence-electron chi connectivity index (χ4n) is 3.00. The van der Waals surface area contributed by atoms with E-state index in [-0.39, 0.29) is 17.6 Å². The number of hydrogen-bond acceptors (Lipinski definition) is 9. The molecule has 4 rings (SSSR count). The Labute approximate surface area is 201 Å². The third-order valence-corrected chi connectivity index (χ3v) is 4.98. The summed E-state index contributed by atoms with van der Waals surface area (Å²) in [5.74, 6) is 0.480. The summed E-state index contributed by atoms with van der Waals surface area (Å²) in [7, 11) is 0. The van der Waals surface area contributed by atoms with Gasteiger partial charge in [0.1, 0.15) is 5.75 Å². The molecule has 0 spiro atoms. The summed E-state index contributed by atoms with van der Waals surface area (Å²) in [4.78, 5) is 15.1. The standard InChI is InChI=1S/C21H19BrF3N7O2/c22-15-3-1-2-14(12-15)13-26-31-19-28-18(29-20(30-19)32-8-10-33-11-9-32)27-16-4-6-17(7-5-16)34-21(23,24)25/h1-7,12-13H,8-11H2,(H2,27,28,29,30,31)/b26-13+. The Morgan fingerprint density at radius 3 is 2.47 bits per heavy atom. The van der Waals surface area contributed by atoms with Crippen molar-refractivity contribution in [3.63, 3.8) is 0 Å². The van der Waals surface area contributed by atoms with Gasteiger partial charge in [-0.1, -0.05) is 28.1 Å². The van der Waals surface area contributed by atoms with E-state index in [1.54, 1.807) is 6.21 Å². The van der Waals surface area contributed by atoms with Gasteiger partial charge in [0.05, 0.1) is 19.4 Å². The normalized spacial score (nSPS) is 14.3. The Balaban J connectivity index is 1.53. The smallest absolute Gasteiger partial charge is 0.406 e. The quantitative estimate of drug-likeness (QED) is 0.334. The third kappa shape index (κ3) is 7.02. The number of anilines is 4. The van der Waals surface area contributed by atoms with Crippen LogP contribution in [0.1, 0.15) is 5.56 Å². The van der Waals surface area contributed by atoms with E-state index in [0.717, 1.165) is 10.0 Å². The van der Waals surface area contributed by atoms with Crippen molar-refractivity contribution in [2.75, 3.05) is 41.9 Å². The Bertz CT molecular complexity index is 1140. The van der Waals surface area contributed by atoms with Gasteiger partial charge in [0.25, 0.3) is 0 Å². The molecule has 1 fully saturated rings. The van der Waals surface area contributed by atoms with E-state index >= 15 is 0 Å². The lowest BCUT2D eigenvalue weighted by molar-refractivity contribution is -0.274. The Morgan fingerprint density at radius 2 is 1.76 bits per heavy atom. The second-order valence-electron chi connectivity index (χ2n) is 7.00. The topological polar surface area (TPSA) is 96.8 Å². The van der Waals surface area contributed by atoms with Gasteiger partial charge in [-0.05, 0) is 42.0 Å². The Kier molecular flexibility index (Phi) is 7.43. The highest BCUT2D eigenvalue weighted by Crippen LogP contribution is 2.25. The summed E-state index contributed by atoms with van der Waals surface area (Å²) in [6, 6.07) is 12.8. The van der Waals surface area contributed by atoms with Gasteiger partial charge in [-0.3, -0.25) is 0 Å². The second kappa shape index (κ2) is 10.7. The minimum absolute atomic E-state index is 0.195. The van der Waals surface area contributed by atoms with Gasteiger partial charge in [0.2, 0.25) is 17.8 Å². The molecule has 9 nitrogen and oxygen atoms in total. The van der Waals surface area contributed by atoms with Crippen molar-refractivity contribution in [2.45, 2.75) is 6.36 Å². The highest BCUT2D eigenvalue weighted by atomic mass is 79.9. The van der Waals surface area contributed by atoms with Crippen LogP contribution in [0.3, 0.4) is 0 Å². The highest BCUT2D eigenvalue weighted by Gasteiger charge is 2.31. The van der Waals surface area contributed by atoms with Crippen LogP contribution in [0.5, 0.6) is 5.75 Å². The molecule has 0 bridgehead atoms. The summed E-state index contributed by atoms with van der Waals surface area (Å²) < 4.78 is 47.4. The molecule has 13 heteroatoms. The molecule has 1 saturated heterocycles. The van der Waals surface area contributed by atoms with Gasteiger partial charge in [0.15, 0.2) is 0 Å². The van der Waals surface area contributed by atoms with E-state index in [1.807, 2.05) is 29.2 Å². The van der Waals surface area contributed by atoms with Gasteiger partial charge < -0.3 is 19.7 Å². The van der Waals surface area contributed by atoms with Crippen LogP contribution in [0.4, 0.5) is 36.7 Å².